The quantitative estimate of drug-likeness (QED) is 0.0786. The number of hydrogen-bond acceptors (Lipinski definition) is 3. The highest BCUT2D eigenvalue weighted by Gasteiger charge is 1.98. The van der Waals surface area contributed by atoms with Crippen molar-refractivity contribution in [2.45, 2.75) is 161 Å². The Hall–Kier alpha value is -1.85. The standard InChI is InChI=1S/C18H34O2.C12H22O4/c1-2-3-4-5-6-7-8-9-10-11-12-13-14-15-16-17-18(19)20;13-11(14)9-7-5-3-1-2-4-6-8-10-12(15)16/h9-10H,2-8,11-17H2,1H3,(H,19,20);1-10H2,(H,13,14)(H,15,16). The van der Waals surface area contributed by atoms with Gasteiger partial charge in [-0.15, -0.1) is 0 Å². The summed E-state index contributed by atoms with van der Waals surface area (Å²) in [6.45, 7) is 2.26. The van der Waals surface area contributed by atoms with E-state index >= 15 is 0 Å². The molecule has 0 aromatic heterocycles. The molecular formula is C30H56O6. The lowest BCUT2D eigenvalue weighted by atomic mass is 10.1. The number of carboxylic acid groups (broad SMARTS) is 3. The van der Waals surface area contributed by atoms with E-state index in [0.717, 1.165) is 64.2 Å². The van der Waals surface area contributed by atoms with Crippen molar-refractivity contribution in [2.24, 2.45) is 0 Å². The summed E-state index contributed by atoms with van der Waals surface area (Å²) in [6.07, 6.45) is 29.8. The highest BCUT2D eigenvalue weighted by atomic mass is 16.4. The number of carbonyl (C=O) groups is 3. The summed E-state index contributed by atoms with van der Waals surface area (Å²) in [7, 11) is 0. The van der Waals surface area contributed by atoms with Crippen LogP contribution in [-0.2, 0) is 14.4 Å². The van der Waals surface area contributed by atoms with E-state index in [4.69, 9.17) is 15.3 Å². The van der Waals surface area contributed by atoms with E-state index in [2.05, 4.69) is 19.1 Å². The molecule has 0 fully saturated rings. The Labute approximate surface area is 221 Å². The number of hydrogen-bond donors (Lipinski definition) is 3. The molecule has 0 saturated heterocycles. The molecule has 0 rings (SSSR count). The number of carboxylic acids is 3. The van der Waals surface area contributed by atoms with Crippen LogP contribution in [0.4, 0.5) is 0 Å². The molecular weight excluding hydrogens is 456 g/mol. The third kappa shape index (κ3) is 39.4. The molecule has 36 heavy (non-hydrogen) atoms. The molecule has 0 aromatic carbocycles. The molecule has 0 amide bonds. The molecule has 0 bridgehead atoms. The van der Waals surface area contributed by atoms with E-state index < -0.39 is 17.9 Å². The molecule has 0 atom stereocenters. The molecule has 6 nitrogen and oxygen atoms in total. The molecule has 0 aromatic rings. The van der Waals surface area contributed by atoms with Crippen molar-refractivity contribution < 1.29 is 29.7 Å². The summed E-state index contributed by atoms with van der Waals surface area (Å²) in [5.74, 6) is -2.09. The normalized spacial score (nSPS) is 10.8. The topological polar surface area (TPSA) is 112 Å². The van der Waals surface area contributed by atoms with Gasteiger partial charge < -0.3 is 15.3 Å². The first-order valence-electron chi connectivity index (χ1n) is 14.7. The molecule has 0 aliphatic rings. The number of unbranched alkanes of at least 4 members (excludes halogenated alkanes) is 18. The largest absolute Gasteiger partial charge is 0.481 e. The van der Waals surface area contributed by atoms with Gasteiger partial charge in [-0.2, -0.15) is 0 Å². The molecule has 0 aliphatic heterocycles. The van der Waals surface area contributed by atoms with E-state index in [1.165, 1.54) is 70.6 Å². The van der Waals surface area contributed by atoms with E-state index in [1.54, 1.807) is 0 Å². The van der Waals surface area contributed by atoms with Crippen molar-refractivity contribution in [3.05, 3.63) is 12.2 Å². The van der Waals surface area contributed by atoms with Crippen LogP contribution in [0.1, 0.15) is 161 Å². The first kappa shape index (κ1) is 36.3. The molecule has 212 valence electrons. The van der Waals surface area contributed by atoms with E-state index in [-0.39, 0.29) is 12.8 Å². The molecule has 0 aliphatic carbocycles. The van der Waals surface area contributed by atoms with Crippen LogP contribution in [0.25, 0.3) is 0 Å². The SMILES string of the molecule is CCCCCCCCC=CCCCCCCCC(=O)O.O=C(O)CCCCCCCCCCC(=O)O. The van der Waals surface area contributed by atoms with E-state index in [9.17, 15) is 14.4 Å². The number of rotatable bonds is 26. The van der Waals surface area contributed by atoms with Gasteiger partial charge in [-0.3, -0.25) is 14.4 Å². The zero-order chi connectivity index (χ0) is 27.1. The Kier molecular flexibility index (Phi) is 31.4. The first-order chi connectivity index (χ1) is 17.4. The van der Waals surface area contributed by atoms with Gasteiger partial charge in [0, 0.05) is 19.3 Å². The monoisotopic (exact) mass is 512 g/mol. The van der Waals surface area contributed by atoms with Crippen LogP contribution in [0.15, 0.2) is 12.2 Å². The first-order valence-corrected chi connectivity index (χ1v) is 14.7. The molecule has 0 heterocycles. The summed E-state index contributed by atoms with van der Waals surface area (Å²) in [4.78, 5) is 30.8. The Balaban J connectivity index is 0. The smallest absolute Gasteiger partial charge is 0.303 e. The maximum absolute atomic E-state index is 10.3. The van der Waals surface area contributed by atoms with Crippen LogP contribution < -0.4 is 0 Å². The minimum absolute atomic E-state index is 0.276. The van der Waals surface area contributed by atoms with Crippen LogP contribution in [0, 0.1) is 0 Å². The second-order valence-electron chi connectivity index (χ2n) is 9.84. The van der Waals surface area contributed by atoms with Gasteiger partial charge in [-0.25, -0.2) is 0 Å². The minimum Gasteiger partial charge on any atom is -0.481 e. The lowest BCUT2D eigenvalue weighted by Gasteiger charge is -2.00. The molecule has 0 spiro atoms. The van der Waals surface area contributed by atoms with Crippen molar-refractivity contribution in [2.75, 3.05) is 0 Å². The van der Waals surface area contributed by atoms with Crippen LogP contribution in [0.5, 0.6) is 0 Å². The summed E-state index contributed by atoms with van der Waals surface area (Å²) in [5, 5.41) is 25.3. The molecule has 3 N–H and O–H groups in total. The maximum atomic E-state index is 10.3. The van der Waals surface area contributed by atoms with Gasteiger partial charge >= 0.3 is 17.9 Å². The van der Waals surface area contributed by atoms with Crippen molar-refractivity contribution >= 4 is 17.9 Å². The van der Waals surface area contributed by atoms with Gasteiger partial charge in [-0.05, 0) is 44.9 Å². The second-order valence-corrected chi connectivity index (χ2v) is 9.84. The fourth-order valence-corrected chi connectivity index (χ4v) is 3.96. The Morgan fingerprint density at radius 2 is 0.667 bits per heavy atom. The Morgan fingerprint density at radius 1 is 0.417 bits per heavy atom. The molecule has 0 unspecified atom stereocenters. The number of aliphatic carboxylic acids is 3. The predicted molar refractivity (Wildman–Crippen MR) is 149 cm³/mol. The van der Waals surface area contributed by atoms with Crippen LogP contribution in [0.2, 0.25) is 0 Å². The third-order valence-corrected chi connectivity index (χ3v) is 6.18. The lowest BCUT2D eigenvalue weighted by Crippen LogP contribution is -1.94. The Morgan fingerprint density at radius 3 is 0.944 bits per heavy atom. The minimum atomic E-state index is -0.714. The van der Waals surface area contributed by atoms with Gasteiger partial charge in [0.05, 0.1) is 0 Å². The van der Waals surface area contributed by atoms with Crippen molar-refractivity contribution in [3.63, 3.8) is 0 Å². The summed E-state index contributed by atoms with van der Waals surface area (Å²) < 4.78 is 0. The maximum Gasteiger partial charge on any atom is 0.303 e. The second kappa shape index (κ2) is 31.2. The summed E-state index contributed by atoms with van der Waals surface area (Å²) >= 11 is 0. The van der Waals surface area contributed by atoms with Gasteiger partial charge in [0.25, 0.3) is 0 Å². The number of allylic oxidation sites excluding steroid dienone is 2. The fraction of sp³-hybridized carbons (Fsp3) is 0.833. The van der Waals surface area contributed by atoms with Gasteiger partial charge in [-0.1, -0.05) is 109 Å². The van der Waals surface area contributed by atoms with Crippen LogP contribution in [0.3, 0.4) is 0 Å². The average Bonchev–Trinajstić information content (AvgIpc) is 2.82. The van der Waals surface area contributed by atoms with Crippen molar-refractivity contribution in [3.8, 4) is 0 Å². The zero-order valence-electron chi connectivity index (χ0n) is 23.2. The summed E-state index contributed by atoms with van der Waals surface area (Å²) in [6, 6.07) is 0. The molecule has 0 radical (unpaired) electrons. The zero-order valence-corrected chi connectivity index (χ0v) is 23.2. The van der Waals surface area contributed by atoms with Crippen LogP contribution in [-0.4, -0.2) is 33.2 Å². The molecule has 0 saturated carbocycles. The lowest BCUT2D eigenvalue weighted by molar-refractivity contribution is -0.138. The fourth-order valence-electron chi connectivity index (χ4n) is 3.96. The van der Waals surface area contributed by atoms with E-state index in [0.29, 0.717) is 6.42 Å². The van der Waals surface area contributed by atoms with Gasteiger partial charge in [0.15, 0.2) is 0 Å². The van der Waals surface area contributed by atoms with Gasteiger partial charge in [0.2, 0.25) is 0 Å². The highest BCUT2D eigenvalue weighted by molar-refractivity contribution is 5.67. The third-order valence-electron chi connectivity index (χ3n) is 6.18. The van der Waals surface area contributed by atoms with Crippen molar-refractivity contribution in [1.82, 2.24) is 0 Å². The molecule has 6 heteroatoms. The van der Waals surface area contributed by atoms with Crippen molar-refractivity contribution in [1.29, 1.82) is 0 Å². The summed E-state index contributed by atoms with van der Waals surface area (Å²) in [5.41, 5.74) is 0. The predicted octanol–water partition coefficient (Wildman–Crippen LogP) is 9.17. The van der Waals surface area contributed by atoms with E-state index in [1.807, 2.05) is 0 Å². The van der Waals surface area contributed by atoms with Gasteiger partial charge in [0.1, 0.15) is 0 Å². The average molecular weight is 513 g/mol. The Bertz CT molecular complexity index is 508. The van der Waals surface area contributed by atoms with Crippen LogP contribution >= 0.6 is 0 Å². The highest BCUT2D eigenvalue weighted by Crippen LogP contribution is 2.11.